The van der Waals surface area contributed by atoms with Crippen LogP contribution < -0.4 is 10.1 Å². The summed E-state index contributed by atoms with van der Waals surface area (Å²) >= 11 is 0. The van der Waals surface area contributed by atoms with E-state index in [0.29, 0.717) is 23.8 Å². The van der Waals surface area contributed by atoms with E-state index in [1.807, 2.05) is 36.4 Å². The fraction of sp³-hybridized carbons (Fsp3) is 0.176. The van der Waals surface area contributed by atoms with Crippen molar-refractivity contribution in [1.29, 1.82) is 0 Å². The number of oxazole rings is 1. The highest BCUT2D eigenvalue weighted by atomic mass is 16.5. The van der Waals surface area contributed by atoms with Gasteiger partial charge in [-0.1, -0.05) is 18.2 Å². The van der Waals surface area contributed by atoms with Crippen LogP contribution in [0, 0.1) is 6.92 Å². The van der Waals surface area contributed by atoms with Gasteiger partial charge in [-0.05, 0) is 24.3 Å². The van der Waals surface area contributed by atoms with Crippen LogP contribution in [0.15, 0.2) is 52.9 Å². The Labute approximate surface area is 127 Å². The second-order valence-corrected chi connectivity index (χ2v) is 4.88. The lowest BCUT2D eigenvalue weighted by molar-refractivity contribution is -0.116. The van der Waals surface area contributed by atoms with Gasteiger partial charge in [0.05, 0.1) is 13.0 Å². The van der Waals surface area contributed by atoms with Crippen molar-refractivity contribution >= 4 is 22.7 Å². The lowest BCUT2D eigenvalue weighted by Gasteiger charge is -2.07. The van der Waals surface area contributed by atoms with Crippen LogP contribution in [0.4, 0.5) is 5.69 Å². The quantitative estimate of drug-likeness (QED) is 0.782. The number of carbonyl (C=O) groups is 1. The van der Waals surface area contributed by atoms with Crippen LogP contribution in [0.5, 0.6) is 5.75 Å². The molecule has 0 aliphatic rings. The number of hydrogen-bond acceptors (Lipinski definition) is 4. The van der Waals surface area contributed by atoms with Gasteiger partial charge in [0.1, 0.15) is 11.3 Å². The number of hydrogen-bond donors (Lipinski definition) is 1. The molecule has 1 N–H and O–H groups in total. The Balaban J connectivity index is 1.54. The number of aryl methyl sites for hydroxylation is 1. The molecule has 1 aromatic heterocycles. The number of ether oxygens (including phenoxy) is 1. The Kier molecular flexibility index (Phi) is 4.05. The fourth-order valence-electron chi connectivity index (χ4n) is 2.12. The van der Waals surface area contributed by atoms with Crippen molar-refractivity contribution in [3.05, 3.63) is 54.4 Å². The first kappa shape index (κ1) is 14.1. The van der Waals surface area contributed by atoms with E-state index in [0.717, 1.165) is 11.3 Å². The third-order valence-corrected chi connectivity index (χ3v) is 3.12. The number of rotatable bonds is 5. The number of nitrogens with one attached hydrogen (secondary N) is 1. The molecule has 112 valence electrons. The third kappa shape index (κ3) is 3.44. The molecule has 2 aromatic carbocycles. The summed E-state index contributed by atoms with van der Waals surface area (Å²) in [6.07, 6.45) is 0.280. The van der Waals surface area contributed by atoms with Gasteiger partial charge in [0.2, 0.25) is 5.91 Å². The number of para-hydroxylation sites is 1. The van der Waals surface area contributed by atoms with Crippen molar-refractivity contribution in [3.8, 4) is 5.75 Å². The molecule has 1 heterocycles. The Morgan fingerprint density at radius 2 is 2.05 bits per heavy atom. The van der Waals surface area contributed by atoms with Crippen molar-refractivity contribution in [1.82, 2.24) is 4.98 Å². The number of benzene rings is 2. The summed E-state index contributed by atoms with van der Waals surface area (Å²) in [5.41, 5.74) is 2.13. The maximum Gasteiger partial charge on any atom is 0.227 e. The van der Waals surface area contributed by atoms with Gasteiger partial charge in [-0.25, -0.2) is 4.98 Å². The topological polar surface area (TPSA) is 64.4 Å². The average molecular weight is 296 g/mol. The number of fused-ring (bicyclic) bond motifs is 1. The molecular formula is C17H16N2O3. The zero-order valence-electron chi connectivity index (χ0n) is 12.2. The third-order valence-electron chi connectivity index (χ3n) is 3.12. The van der Waals surface area contributed by atoms with Gasteiger partial charge in [0.25, 0.3) is 0 Å². The summed E-state index contributed by atoms with van der Waals surface area (Å²) in [6.45, 7) is 2.12. The minimum absolute atomic E-state index is 0.105. The van der Waals surface area contributed by atoms with E-state index in [2.05, 4.69) is 10.3 Å². The van der Waals surface area contributed by atoms with Crippen molar-refractivity contribution in [3.63, 3.8) is 0 Å². The van der Waals surface area contributed by atoms with Crippen LogP contribution in [0.2, 0.25) is 0 Å². The van der Waals surface area contributed by atoms with Gasteiger partial charge in [0, 0.05) is 18.7 Å². The molecule has 0 bridgehead atoms. The Morgan fingerprint density at radius 1 is 1.23 bits per heavy atom. The van der Waals surface area contributed by atoms with Crippen LogP contribution >= 0.6 is 0 Å². The molecule has 0 aliphatic carbocycles. The standard InChI is InChI=1S/C17H16N2O3/c1-12-18-15-8-7-13(11-16(15)22-12)19-17(20)9-10-21-14-5-3-2-4-6-14/h2-8,11H,9-10H2,1H3,(H,19,20). The minimum atomic E-state index is -0.105. The van der Waals surface area contributed by atoms with Crippen LogP contribution in [-0.4, -0.2) is 17.5 Å². The van der Waals surface area contributed by atoms with Crippen LogP contribution in [0.1, 0.15) is 12.3 Å². The first-order valence-corrected chi connectivity index (χ1v) is 7.05. The average Bonchev–Trinajstić information content (AvgIpc) is 2.87. The van der Waals surface area contributed by atoms with Crippen molar-refractivity contribution < 1.29 is 13.9 Å². The molecule has 1 amide bonds. The Hall–Kier alpha value is -2.82. The lowest BCUT2D eigenvalue weighted by atomic mass is 10.3. The molecule has 0 saturated heterocycles. The van der Waals surface area contributed by atoms with Gasteiger partial charge in [0.15, 0.2) is 11.5 Å². The molecule has 3 rings (SSSR count). The predicted octanol–water partition coefficient (Wildman–Crippen LogP) is 3.54. The van der Waals surface area contributed by atoms with Crippen molar-refractivity contribution in [2.24, 2.45) is 0 Å². The SMILES string of the molecule is Cc1nc2ccc(NC(=O)CCOc3ccccc3)cc2o1. The highest BCUT2D eigenvalue weighted by Gasteiger charge is 2.06. The summed E-state index contributed by atoms with van der Waals surface area (Å²) < 4.78 is 10.9. The zero-order valence-corrected chi connectivity index (χ0v) is 12.2. The summed E-state index contributed by atoms with van der Waals surface area (Å²) in [7, 11) is 0. The zero-order chi connectivity index (χ0) is 15.4. The molecule has 0 aliphatic heterocycles. The molecule has 5 heteroatoms. The molecule has 0 fully saturated rings. The maximum atomic E-state index is 11.9. The fourth-order valence-corrected chi connectivity index (χ4v) is 2.12. The van der Waals surface area contributed by atoms with Gasteiger partial charge in [-0.15, -0.1) is 0 Å². The summed E-state index contributed by atoms with van der Waals surface area (Å²) in [5.74, 6) is 1.26. The molecule has 0 atom stereocenters. The predicted molar refractivity (Wildman–Crippen MR) is 83.9 cm³/mol. The molecule has 0 spiro atoms. The van der Waals surface area contributed by atoms with Crippen LogP contribution in [0.3, 0.4) is 0 Å². The van der Waals surface area contributed by atoms with E-state index >= 15 is 0 Å². The van der Waals surface area contributed by atoms with E-state index in [9.17, 15) is 4.79 Å². The lowest BCUT2D eigenvalue weighted by Crippen LogP contribution is -2.15. The van der Waals surface area contributed by atoms with Crippen LogP contribution in [0.25, 0.3) is 11.1 Å². The normalized spacial score (nSPS) is 10.6. The number of carbonyl (C=O) groups excluding carboxylic acids is 1. The maximum absolute atomic E-state index is 11.9. The number of anilines is 1. The van der Waals surface area contributed by atoms with Gasteiger partial charge in [-0.2, -0.15) is 0 Å². The van der Waals surface area contributed by atoms with E-state index in [1.165, 1.54) is 0 Å². The molecule has 22 heavy (non-hydrogen) atoms. The summed E-state index contributed by atoms with van der Waals surface area (Å²) in [5, 5.41) is 2.82. The van der Waals surface area contributed by atoms with E-state index < -0.39 is 0 Å². The second kappa shape index (κ2) is 6.30. The molecule has 5 nitrogen and oxygen atoms in total. The number of aromatic nitrogens is 1. The number of amides is 1. The molecule has 0 radical (unpaired) electrons. The highest BCUT2D eigenvalue weighted by Crippen LogP contribution is 2.20. The molecule has 0 saturated carbocycles. The van der Waals surface area contributed by atoms with E-state index in [1.54, 1.807) is 19.1 Å². The van der Waals surface area contributed by atoms with E-state index in [-0.39, 0.29) is 12.3 Å². The number of nitrogens with zero attached hydrogens (tertiary/aromatic N) is 1. The smallest absolute Gasteiger partial charge is 0.227 e. The molecular weight excluding hydrogens is 280 g/mol. The van der Waals surface area contributed by atoms with Gasteiger partial charge < -0.3 is 14.5 Å². The molecule has 3 aromatic rings. The second-order valence-electron chi connectivity index (χ2n) is 4.88. The Morgan fingerprint density at radius 3 is 2.86 bits per heavy atom. The minimum Gasteiger partial charge on any atom is -0.493 e. The summed E-state index contributed by atoms with van der Waals surface area (Å²) in [6, 6.07) is 14.8. The first-order chi connectivity index (χ1) is 10.7. The summed E-state index contributed by atoms with van der Waals surface area (Å²) in [4.78, 5) is 16.1. The first-order valence-electron chi connectivity index (χ1n) is 7.05. The van der Waals surface area contributed by atoms with Crippen molar-refractivity contribution in [2.75, 3.05) is 11.9 Å². The van der Waals surface area contributed by atoms with Gasteiger partial charge >= 0.3 is 0 Å². The highest BCUT2D eigenvalue weighted by molar-refractivity contribution is 5.92. The monoisotopic (exact) mass is 296 g/mol. The van der Waals surface area contributed by atoms with Crippen LogP contribution in [-0.2, 0) is 4.79 Å². The van der Waals surface area contributed by atoms with Crippen molar-refractivity contribution in [2.45, 2.75) is 13.3 Å². The molecule has 0 unspecified atom stereocenters. The largest absolute Gasteiger partial charge is 0.493 e. The Bertz CT molecular complexity index is 781. The van der Waals surface area contributed by atoms with E-state index in [4.69, 9.17) is 9.15 Å². The van der Waals surface area contributed by atoms with Gasteiger partial charge in [-0.3, -0.25) is 4.79 Å².